The monoisotopic (exact) mass is 382 g/mol. The first-order valence-corrected chi connectivity index (χ1v) is 9.14. The van der Waals surface area contributed by atoms with Crippen LogP contribution in [0.25, 0.3) is 0 Å². The van der Waals surface area contributed by atoms with Gasteiger partial charge in [0.1, 0.15) is 0 Å². The van der Waals surface area contributed by atoms with Crippen LogP contribution in [0.5, 0.6) is 0 Å². The van der Waals surface area contributed by atoms with Crippen LogP contribution < -0.4 is 11.1 Å². The van der Waals surface area contributed by atoms with Gasteiger partial charge in [0.25, 0.3) is 0 Å². The van der Waals surface area contributed by atoms with Gasteiger partial charge in [0.05, 0.1) is 12.5 Å². The lowest BCUT2D eigenvalue weighted by Crippen LogP contribution is -2.52. The van der Waals surface area contributed by atoms with E-state index in [2.05, 4.69) is 45.5 Å². The molecule has 1 amide bonds. The normalized spacial score (nSPS) is 18.4. The van der Waals surface area contributed by atoms with Crippen molar-refractivity contribution in [3.63, 3.8) is 0 Å². The number of halogens is 1. The minimum Gasteiger partial charge on any atom is -0.380 e. The summed E-state index contributed by atoms with van der Waals surface area (Å²) >= 11 is 3.47. The lowest BCUT2D eigenvalue weighted by Gasteiger charge is -2.39. The Bertz CT molecular complexity index is 494. The van der Waals surface area contributed by atoms with Crippen LogP contribution in [0.1, 0.15) is 44.1 Å². The predicted octanol–water partition coefficient (Wildman–Crippen LogP) is 3.17. The van der Waals surface area contributed by atoms with Crippen LogP contribution in [0.2, 0.25) is 0 Å². The van der Waals surface area contributed by atoms with Gasteiger partial charge in [0, 0.05) is 23.7 Å². The van der Waals surface area contributed by atoms with Crippen LogP contribution in [0.4, 0.5) is 0 Å². The summed E-state index contributed by atoms with van der Waals surface area (Å²) < 4.78 is 6.31. The minimum absolute atomic E-state index is 0.0429. The number of carbonyl (C=O) groups is 1. The lowest BCUT2D eigenvalue weighted by molar-refractivity contribution is -0.125. The molecule has 1 aromatic carbocycles. The molecule has 0 spiro atoms. The minimum atomic E-state index is -0.205. The molecule has 128 valence electrons. The van der Waals surface area contributed by atoms with Gasteiger partial charge in [-0.3, -0.25) is 4.79 Å². The number of rotatable bonds is 7. The number of hydrogen-bond acceptors (Lipinski definition) is 3. The Balaban J connectivity index is 2.05. The Labute approximate surface area is 147 Å². The SMILES string of the molecule is COC(CN)CC(=O)NC1(Cc2ccc(Br)cc2)CCCCC1. The van der Waals surface area contributed by atoms with Crippen LogP contribution in [0, 0.1) is 0 Å². The Hall–Kier alpha value is -0.910. The Morgan fingerprint density at radius 2 is 1.96 bits per heavy atom. The van der Waals surface area contributed by atoms with E-state index in [1.54, 1.807) is 7.11 Å². The summed E-state index contributed by atoms with van der Waals surface area (Å²) in [6.07, 6.45) is 6.67. The lowest BCUT2D eigenvalue weighted by atomic mass is 9.77. The summed E-state index contributed by atoms with van der Waals surface area (Å²) in [6.45, 7) is 0.365. The number of nitrogens with one attached hydrogen (secondary N) is 1. The molecule has 0 heterocycles. The molecular weight excluding hydrogens is 356 g/mol. The third-order valence-electron chi connectivity index (χ3n) is 4.68. The average molecular weight is 383 g/mol. The highest BCUT2D eigenvalue weighted by molar-refractivity contribution is 9.10. The van der Waals surface area contributed by atoms with Crippen LogP contribution in [-0.4, -0.2) is 31.2 Å². The highest BCUT2D eigenvalue weighted by Gasteiger charge is 2.34. The van der Waals surface area contributed by atoms with Crippen LogP contribution >= 0.6 is 15.9 Å². The second-order valence-corrected chi connectivity index (χ2v) is 7.41. The number of amides is 1. The van der Waals surface area contributed by atoms with E-state index < -0.39 is 0 Å². The van der Waals surface area contributed by atoms with Gasteiger partial charge in [-0.25, -0.2) is 0 Å². The van der Waals surface area contributed by atoms with Crippen molar-refractivity contribution in [2.75, 3.05) is 13.7 Å². The molecular formula is C18H27BrN2O2. The molecule has 4 nitrogen and oxygen atoms in total. The standard InChI is InChI=1S/C18H27BrN2O2/c1-23-16(13-20)11-17(22)21-18(9-3-2-4-10-18)12-14-5-7-15(19)8-6-14/h5-8,16H,2-4,9-13,20H2,1H3,(H,21,22). The summed E-state index contributed by atoms with van der Waals surface area (Å²) in [7, 11) is 1.60. The predicted molar refractivity (Wildman–Crippen MR) is 96.3 cm³/mol. The molecule has 3 N–H and O–H groups in total. The Kier molecular flexibility index (Phi) is 7.06. The molecule has 0 aliphatic heterocycles. The maximum atomic E-state index is 12.4. The van der Waals surface area contributed by atoms with E-state index in [1.807, 2.05) is 0 Å². The number of hydrogen-bond donors (Lipinski definition) is 2. The fraction of sp³-hybridized carbons (Fsp3) is 0.611. The molecule has 1 unspecified atom stereocenters. The highest BCUT2D eigenvalue weighted by Crippen LogP contribution is 2.32. The van der Waals surface area contributed by atoms with Gasteiger partial charge in [-0.1, -0.05) is 47.3 Å². The molecule has 1 atom stereocenters. The van der Waals surface area contributed by atoms with E-state index in [1.165, 1.54) is 24.8 Å². The van der Waals surface area contributed by atoms with E-state index in [9.17, 15) is 4.79 Å². The second-order valence-electron chi connectivity index (χ2n) is 6.49. The smallest absolute Gasteiger partial charge is 0.223 e. The van der Waals surface area contributed by atoms with Crippen LogP contribution in [0.15, 0.2) is 28.7 Å². The largest absolute Gasteiger partial charge is 0.380 e. The van der Waals surface area contributed by atoms with E-state index >= 15 is 0 Å². The van der Waals surface area contributed by atoms with Gasteiger partial charge in [-0.05, 0) is 37.0 Å². The Morgan fingerprint density at radius 1 is 1.30 bits per heavy atom. The summed E-state index contributed by atoms with van der Waals surface area (Å²) in [5.41, 5.74) is 6.76. The zero-order chi connectivity index (χ0) is 16.7. The first-order valence-electron chi connectivity index (χ1n) is 8.35. The summed E-state index contributed by atoms with van der Waals surface area (Å²) in [4.78, 5) is 12.4. The zero-order valence-corrected chi connectivity index (χ0v) is 15.4. The highest BCUT2D eigenvalue weighted by atomic mass is 79.9. The zero-order valence-electron chi connectivity index (χ0n) is 13.8. The van der Waals surface area contributed by atoms with E-state index in [4.69, 9.17) is 10.5 Å². The maximum Gasteiger partial charge on any atom is 0.223 e. The van der Waals surface area contributed by atoms with Crippen molar-refractivity contribution < 1.29 is 9.53 Å². The topological polar surface area (TPSA) is 64.3 Å². The number of nitrogens with two attached hydrogens (primary N) is 1. The molecule has 1 fully saturated rings. The first kappa shape index (κ1) is 18.4. The van der Waals surface area contributed by atoms with Gasteiger partial charge in [-0.15, -0.1) is 0 Å². The van der Waals surface area contributed by atoms with Gasteiger partial charge in [0.2, 0.25) is 5.91 Å². The second kappa shape index (κ2) is 8.81. The molecule has 1 aromatic rings. The molecule has 2 rings (SSSR count). The van der Waals surface area contributed by atoms with Crippen molar-refractivity contribution in [2.45, 2.75) is 56.6 Å². The fourth-order valence-corrected chi connectivity index (χ4v) is 3.65. The van der Waals surface area contributed by atoms with Crippen molar-refractivity contribution in [1.82, 2.24) is 5.32 Å². The number of benzene rings is 1. The molecule has 1 aliphatic rings. The average Bonchev–Trinajstić information content (AvgIpc) is 2.55. The van der Waals surface area contributed by atoms with Gasteiger partial charge in [-0.2, -0.15) is 0 Å². The summed E-state index contributed by atoms with van der Waals surface area (Å²) in [6, 6.07) is 8.38. The fourth-order valence-electron chi connectivity index (χ4n) is 3.38. The third kappa shape index (κ3) is 5.59. The van der Waals surface area contributed by atoms with Crippen molar-refractivity contribution in [3.8, 4) is 0 Å². The molecule has 1 aliphatic carbocycles. The van der Waals surface area contributed by atoms with Crippen molar-refractivity contribution >= 4 is 21.8 Å². The molecule has 0 radical (unpaired) electrons. The number of ether oxygens (including phenoxy) is 1. The number of carbonyl (C=O) groups excluding carboxylic acids is 1. The van der Waals surface area contributed by atoms with Gasteiger partial charge < -0.3 is 15.8 Å². The van der Waals surface area contributed by atoms with Gasteiger partial charge in [0.15, 0.2) is 0 Å². The van der Waals surface area contributed by atoms with Crippen molar-refractivity contribution in [2.24, 2.45) is 5.73 Å². The molecule has 1 saturated carbocycles. The molecule has 5 heteroatoms. The van der Waals surface area contributed by atoms with E-state index in [0.717, 1.165) is 23.7 Å². The van der Waals surface area contributed by atoms with Crippen LogP contribution in [-0.2, 0) is 16.0 Å². The quantitative estimate of drug-likeness (QED) is 0.760. The summed E-state index contributed by atoms with van der Waals surface area (Å²) in [5.74, 6) is 0.0429. The van der Waals surface area contributed by atoms with Crippen LogP contribution in [0.3, 0.4) is 0 Å². The molecule has 0 bridgehead atoms. The van der Waals surface area contributed by atoms with E-state index in [-0.39, 0.29) is 17.6 Å². The van der Waals surface area contributed by atoms with Crippen molar-refractivity contribution in [1.29, 1.82) is 0 Å². The van der Waals surface area contributed by atoms with Crippen molar-refractivity contribution in [3.05, 3.63) is 34.3 Å². The molecule has 23 heavy (non-hydrogen) atoms. The van der Waals surface area contributed by atoms with E-state index in [0.29, 0.717) is 13.0 Å². The summed E-state index contributed by atoms with van der Waals surface area (Å²) in [5, 5.41) is 3.31. The first-order chi connectivity index (χ1) is 11.1. The number of methoxy groups -OCH3 is 1. The molecule has 0 aromatic heterocycles. The third-order valence-corrected chi connectivity index (χ3v) is 5.21. The maximum absolute atomic E-state index is 12.4. The van der Waals surface area contributed by atoms with Gasteiger partial charge >= 0.3 is 0 Å². The molecule has 0 saturated heterocycles. The Morgan fingerprint density at radius 3 is 2.52 bits per heavy atom.